The molecule has 1 amide bonds. The molecule has 0 aliphatic heterocycles. The van der Waals surface area contributed by atoms with Crippen molar-refractivity contribution in [3.63, 3.8) is 0 Å². The number of aromatic nitrogens is 1. The molecular weight excluding hydrogens is 428 g/mol. The van der Waals surface area contributed by atoms with E-state index in [1.807, 2.05) is 45.0 Å². The Hall–Kier alpha value is -2.89. The molecule has 34 heavy (non-hydrogen) atoms. The predicted molar refractivity (Wildman–Crippen MR) is 131 cm³/mol. The van der Waals surface area contributed by atoms with Gasteiger partial charge in [0.25, 0.3) is 0 Å². The van der Waals surface area contributed by atoms with Crippen molar-refractivity contribution in [2.24, 2.45) is 5.92 Å². The van der Waals surface area contributed by atoms with Crippen molar-refractivity contribution < 1.29 is 19.1 Å². The summed E-state index contributed by atoms with van der Waals surface area (Å²) in [7, 11) is 1.68. The van der Waals surface area contributed by atoms with Gasteiger partial charge in [0.1, 0.15) is 17.0 Å². The maximum Gasteiger partial charge on any atom is 0.407 e. The van der Waals surface area contributed by atoms with Crippen molar-refractivity contribution in [2.45, 2.75) is 83.3 Å². The molecule has 0 bridgehead atoms. The van der Waals surface area contributed by atoms with Gasteiger partial charge in [-0.2, -0.15) is 0 Å². The summed E-state index contributed by atoms with van der Waals surface area (Å²) in [5.74, 6) is 1.96. The van der Waals surface area contributed by atoms with E-state index in [0.29, 0.717) is 23.2 Å². The molecule has 1 aromatic carbocycles. The fourth-order valence-electron chi connectivity index (χ4n) is 4.77. The lowest BCUT2D eigenvalue weighted by molar-refractivity contribution is 0.0523. The van der Waals surface area contributed by atoms with Gasteiger partial charge >= 0.3 is 6.09 Å². The standard InChI is InChI=1S/C28H36N2O4/c1-28(2,3)34-27(32)29-17-22-13-16-24(20-7-8-20)25(30-22)26(31)21-9-5-18(6-10-21)19-11-14-23(33-4)15-12-19/h11-16,18,20-21H,5-10,17H2,1-4H3,(H,29,32). The zero-order valence-corrected chi connectivity index (χ0v) is 20.7. The number of ketones is 1. The third-order valence-corrected chi connectivity index (χ3v) is 6.73. The van der Waals surface area contributed by atoms with Crippen molar-refractivity contribution in [2.75, 3.05) is 7.11 Å². The topological polar surface area (TPSA) is 77.5 Å². The average Bonchev–Trinajstić information content (AvgIpc) is 3.67. The average molecular weight is 465 g/mol. The minimum Gasteiger partial charge on any atom is -0.497 e. The third-order valence-electron chi connectivity index (χ3n) is 6.73. The monoisotopic (exact) mass is 464 g/mol. The number of benzene rings is 1. The molecule has 0 saturated heterocycles. The van der Waals surface area contributed by atoms with E-state index in [1.54, 1.807) is 7.11 Å². The van der Waals surface area contributed by atoms with Crippen LogP contribution in [0, 0.1) is 5.92 Å². The van der Waals surface area contributed by atoms with Gasteiger partial charge in [0, 0.05) is 5.92 Å². The van der Waals surface area contributed by atoms with Gasteiger partial charge in [-0.3, -0.25) is 4.79 Å². The quantitative estimate of drug-likeness (QED) is 0.497. The molecule has 0 spiro atoms. The maximum absolute atomic E-state index is 13.6. The number of nitrogens with zero attached hydrogens (tertiary/aromatic N) is 1. The zero-order chi connectivity index (χ0) is 24.3. The summed E-state index contributed by atoms with van der Waals surface area (Å²) in [6.45, 7) is 5.73. The number of pyridine rings is 1. The first kappa shape index (κ1) is 24.2. The van der Waals surface area contributed by atoms with E-state index in [1.165, 1.54) is 5.56 Å². The summed E-state index contributed by atoms with van der Waals surface area (Å²) in [6, 6.07) is 12.2. The number of carbonyl (C=O) groups excluding carboxylic acids is 2. The van der Waals surface area contributed by atoms with E-state index in [2.05, 4.69) is 17.4 Å². The number of nitrogens with one attached hydrogen (secondary N) is 1. The van der Waals surface area contributed by atoms with Gasteiger partial charge in [-0.25, -0.2) is 9.78 Å². The predicted octanol–water partition coefficient (Wildman–Crippen LogP) is 6.15. The number of carbonyl (C=O) groups is 2. The van der Waals surface area contributed by atoms with Crippen LogP contribution in [0.15, 0.2) is 36.4 Å². The van der Waals surface area contributed by atoms with Crippen molar-refractivity contribution >= 4 is 11.9 Å². The molecule has 1 aromatic heterocycles. The second-order valence-electron chi connectivity index (χ2n) is 10.6. The Labute approximate surface area is 202 Å². The lowest BCUT2D eigenvalue weighted by Crippen LogP contribution is -2.32. The lowest BCUT2D eigenvalue weighted by atomic mass is 9.76. The van der Waals surface area contributed by atoms with Crippen LogP contribution >= 0.6 is 0 Å². The zero-order valence-electron chi connectivity index (χ0n) is 20.7. The minimum atomic E-state index is -0.556. The highest BCUT2D eigenvalue weighted by Crippen LogP contribution is 2.43. The summed E-state index contributed by atoms with van der Waals surface area (Å²) < 4.78 is 10.6. The highest BCUT2D eigenvalue weighted by Gasteiger charge is 2.34. The Morgan fingerprint density at radius 3 is 2.18 bits per heavy atom. The maximum atomic E-state index is 13.6. The molecule has 182 valence electrons. The van der Waals surface area contributed by atoms with Crippen LogP contribution in [0.4, 0.5) is 4.79 Å². The van der Waals surface area contributed by atoms with Crippen molar-refractivity contribution in [1.82, 2.24) is 10.3 Å². The summed E-state index contributed by atoms with van der Waals surface area (Å²) in [5.41, 5.74) is 3.13. The van der Waals surface area contributed by atoms with Crippen LogP contribution in [0.25, 0.3) is 0 Å². The SMILES string of the molecule is COc1ccc(C2CCC(C(=O)c3nc(CNC(=O)OC(C)(C)C)ccc3C3CC3)CC2)cc1. The van der Waals surface area contributed by atoms with Crippen LogP contribution < -0.4 is 10.1 Å². The van der Waals surface area contributed by atoms with Crippen LogP contribution in [0.5, 0.6) is 5.75 Å². The van der Waals surface area contributed by atoms with Gasteiger partial charge in [0.2, 0.25) is 0 Å². The van der Waals surface area contributed by atoms with E-state index in [0.717, 1.165) is 49.8 Å². The van der Waals surface area contributed by atoms with Crippen LogP contribution in [0.3, 0.4) is 0 Å². The van der Waals surface area contributed by atoms with Gasteiger partial charge in [0.15, 0.2) is 5.78 Å². The molecular formula is C28H36N2O4. The van der Waals surface area contributed by atoms with Gasteiger partial charge in [-0.15, -0.1) is 0 Å². The number of amides is 1. The molecule has 4 rings (SSSR count). The van der Waals surface area contributed by atoms with Gasteiger partial charge < -0.3 is 14.8 Å². The van der Waals surface area contributed by atoms with Crippen molar-refractivity contribution in [1.29, 1.82) is 0 Å². The molecule has 2 aliphatic rings. The molecule has 0 unspecified atom stereocenters. The minimum absolute atomic E-state index is 0.00793. The van der Waals surface area contributed by atoms with Gasteiger partial charge in [0.05, 0.1) is 19.3 Å². The molecule has 2 aromatic rings. The molecule has 2 saturated carbocycles. The lowest BCUT2D eigenvalue weighted by Gasteiger charge is -2.28. The first-order valence-electron chi connectivity index (χ1n) is 12.4. The normalized spacial score (nSPS) is 20.5. The Morgan fingerprint density at radius 2 is 1.59 bits per heavy atom. The highest BCUT2D eigenvalue weighted by atomic mass is 16.6. The third kappa shape index (κ3) is 6.16. The number of alkyl carbamates (subject to hydrolysis) is 1. The van der Waals surface area contributed by atoms with Crippen LogP contribution in [0.2, 0.25) is 0 Å². The molecule has 6 heteroatoms. The first-order chi connectivity index (χ1) is 16.2. The van der Waals surface area contributed by atoms with E-state index in [4.69, 9.17) is 14.5 Å². The largest absolute Gasteiger partial charge is 0.497 e. The summed E-state index contributed by atoms with van der Waals surface area (Å²) >= 11 is 0. The molecule has 0 atom stereocenters. The van der Waals surface area contributed by atoms with Crippen LogP contribution in [-0.4, -0.2) is 29.6 Å². The molecule has 2 fully saturated rings. The molecule has 1 heterocycles. The van der Waals surface area contributed by atoms with Crippen molar-refractivity contribution in [3.8, 4) is 5.75 Å². The van der Waals surface area contributed by atoms with Crippen LogP contribution in [-0.2, 0) is 11.3 Å². The number of hydrogen-bond donors (Lipinski definition) is 1. The number of Topliss-reactive ketones (excluding diaryl/α,β-unsaturated/α-hetero) is 1. The number of ether oxygens (including phenoxy) is 2. The number of hydrogen-bond acceptors (Lipinski definition) is 5. The molecule has 1 N–H and O–H groups in total. The van der Waals surface area contributed by atoms with Gasteiger partial charge in [-0.05, 0) is 100 Å². The summed E-state index contributed by atoms with van der Waals surface area (Å²) in [4.78, 5) is 30.3. The van der Waals surface area contributed by atoms with Crippen molar-refractivity contribution in [3.05, 3.63) is 58.9 Å². The molecule has 6 nitrogen and oxygen atoms in total. The summed E-state index contributed by atoms with van der Waals surface area (Å²) in [5, 5.41) is 2.75. The Balaban J connectivity index is 1.41. The van der Waals surface area contributed by atoms with E-state index in [9.17, 15) is 9.59 Å². The first-order valence-corrected chi connectivity index (χ1v) is 12.4. The van der Waals surface area contributed by atoms with Gasteiger partial charge in [-0.1, -0.05) is 18.2 Å². The molecule has 0 radical (unpaired) electrons. The Bertz CT molecular complexity index is 1010. The number of rotatable bonds is 7. The second kappa shape index (κ2) is 10.2. The highest BCUT2D eigenvalue weighted by molar-refractivity contribution is 5.97. The Morgan fingerprint density at radius 1 is 0.941 bits per heavy atom. The Kier molecular flexibility index (Phi) is 7.24. The smallest absolute Gasteiger partial charge is 0.407 e. The fraction of sp³-hybridized carbons (Fsp3) is 0.536. The second-order valence-corrected chi connectivity index (χ2v) is 10.6. The van der Waals surface area contributed by atoms with E-state index < -0.39 is 11.7 Å². The molecule has 2 aliphatic carbocycles. The van der Waals surface area contributed by atoms with E-state index >= 15 is 0 Å². The van der Waals surface area contributed by atoms with Crippen LogP contribution in [0.1, 0.15) is 98.4 Å². The summed E-state index contributed by atoms with van der Waals surface area (Å²) in [6.07, 6.45) is 5.50. The fourth-order valence-corrected chi connectivity index (χ4v) is 4.77. The number of methoxy groups -OCH3 is 1. The van der Waals surface area contributed by atoms with E-state index in [-0.39, 0.29) is 18.2 Å².